The summed E-state index contributed by atoms with van der Waals surface area (Å²) < 4.78 is 9.92. The topological polar surface area (TPSA) is 43.2 Å². The van der Waals surface area contributed by atoms with Crippen molar-refractivity contribution in [1.82, 2.24) is 0 Å². The lowest BCUT2D eigenvalue weighted by Crippen LogP contribution is -2.21. The number of nitrogens with zero attached hydrogens (tertiary/aromatic N) is 2. The first-order valence-corrected chi connectivity index (χ1v) is 3.21. The SMILES string of the molecule is COC1=NC=CC=NC1OC. The standard InChI is InChI=1S/C7H10N2O2/c1-10-6-7(11-2)9-5-3-4-8-6/h3-6H,1-2H3. The Labute approximate surface area is 65.3 Å². The van der Waals surface area contributed by atoms with Gasteiger partial charge in [-0.15, -0.1) is 0 Å². The van der Waals surface area contributed by atoms with Gasteiger partial charge in [0.15, 0.2) is 0 Å². The largest absolute Gasteiger partial charge is 0.481 e. The summed E-state index contributed by atoms with van der Waals surface area (Å²) >= 11 is 0. The van der Waals surface area contributed by atoms with Gasteiger partial charge in [0.1, 0.15) is 0 Å². The van der Waals surface area contributed by atoms with Crippen LogP contribution >= 0.6 is 0 Å². The van der Waals surface area contributed by atoms with Crippen molar-refractivity contribution < 1.29 is 9.47 Å². The second-order valence-electron chi connectivity index (χ2n) is 1.90. The highest BCUT2D eigenvalue weighted by molar-refractivity contribution is 5.85. The smallest absolute Gasteiger partial charge is 0.241 e. The van der Waals surface area contributed by atoms with Crippen molar-refractivity contribution >= 4 is 12.1 Å². The summed E-state index contributed by atoms with van der Waals surface area (Å²) in [5, 5.41) is 0. The molecule has 0 aliphatic carbocycles. The summed E-state index contributed by atoms with van der Waals surface area (Å²) in [5.74, 6) is 0.470. The summed E-state index contributed by atoms with van der Waals surface area (Å²) in [7, 11) is 3.10. The molecule has 1 unspecified atom stereocenters. The zero-order chi connectivity index (χ0) is 8.10. The maximum absolute atomic E-state index is 4.98. The van der Waals surface area contributed by atoms with Crippen LogP contribution in [0.1, 0.15) is 0 Å². The van der Waals surface area contributed by atoms with E-state index in [1.165, 1.54) is 0 Å². The van der Waals surface area contributed by atoms with E-state index in [-0.39, 0.29) is 0 Å². The molecule has 0 aromatic heterocycles. The fourth-order valence-electron chi connectivity index (χ4n) is 0.726. The lowest BCUT2D eigenvalue weighted by Gasteiger charge is -2.09. The Bertz CT molecular complexity index is 208. The highest BCUT2D eigenvalue weighted by Gasteiger charge is 2.13. The van der Waals surface area contributed by atoms with Crippen molar-refractivity contribution in [2.24, 2.45) is 9.98 Å². The van der Waals surface area contributed by atoms with Crippen molar-refractivity contribution in [2.75, 3.05) is 14.2 Å². The maximum atomic E-state index is 4.98. The molecule has 60 valence electrons. The fourth-order valence-corrected chi connectivity index (χ4v) is 0.726. The van der Waals surface area contributed by atoms with Crippen molar-refractivity contribution in [3.05, 3.63) is 12.3 Å². The van der Waals surface area contributed by atoms with Gasteiger partial charge in [0.05, 0.1) is 7.11 Å². The van der Waals surface area contributed by atoms with Crippen molar-refractivity contribution in [3.63, 3.8) is 0 Å². The number of hydrogen-bond donors (Lipinski definition) is 0. The summed E-state index contributed by atoms with van der Waals surface area (Å²) in [6, 6.07) is 0. The molecule has 0 N–H and O–H groups in total. The number of ether oxygens (including phenoxy) is 2. The third-order valence-corrected chi connectivity index (χ3v) is 1.24. The number of rotatable bonds is 1. The molecule has 0 radical (unpaired) electrons. The van der Waals surface area contributed by atoms with Gasteiger partial charge in [-0.25, -0.2) is 4.99 Å². The Hall–Kier alpha value is -1.16. The Morgan fingerprint density at radius 2 is 2.27 bits per heavy atom. The van der Waals surface area contributed by atoms with E-state index in [0.717, 1.165) is 0 Å². The van der Waals surface area contributed by atoms with Crippen LogP contribution in [0.5, 0.6) is 0 Å². The van der Waals surface area contributed by atoms with Gasteiger partial charge in [0.2, 0.25) is 12.1 Å². The van der Waals surface area contributed by atoms with E-state index in [0.29, 0.717) is 5.90 Å². The summed E-state index contributed by atoms with van der Waals surface area (Å²) in [4.78, 5) is 7.96. The van der Waals surface area contributed by atoms with Crippen LogP contribution in [0.3, 0.4) is 0 Å². The molecule has 0 spiro atoms. The predicted octanol–water partition coefficient (Wildman–Crippen LogP) is 0.602. The third kappa shape index (κ3) is 1.88. The van der Waals surface area contributed by atoms with Gasteiger partial charge >= 0.3 is 0 Å². The lowest BCUT2D eigenvalue weighted by atomic mass is 10.5. The zero-order valence-electron chi connectivity index (χ0n) is 6.52. The van der Waals surface area contributed by atoms with Crippen LogP contribution in [0.4, 0.5) is 0 Å². The summed E-state index contributed by atoms with van der Waals surface area (Å²) in [6.07, 6.45) is 4.55. The van der Waals surface area contributed by atoms with Crippen LogP contribution in [0, 0.1) is 0 Å². The number of allylic oxidation sites excluding steroid dienone is 1. The van der Waals surface area contributed by atoms with Gasteiger partial charge < -0.3 is 9.47 Å². The minimum Gasteiger partial charge on any atom is -0.481 e. The summed E-state index contributed by atoms with van der Waals surface area (Å²) in [6.45, 7) is 0. The van der Waals surface area contributed by atoms with Gasteiger partial charge in [-0.3, -0.25) is 4.99 Å². The monoisotopic (exact) mass is 154 g/mol. The van der Waals surface area contributed by atoms with E-state index in [9.17, 15) is 0 Å². The molecule has 11 heavy (non-hydrogen) atoms. The van der Waals surface area contributed by atoms with Crippen molar-refractivity contribution in [1.29, 1.82) is 0 Å². The maximum Gasteiger partial charge on any atom is 0.241 e. The Balaban J connectivity index is 2.76. The molecule has 1 heterocycles. The molecule has 0 bridgehead atoms. The second kappa shape index (κ2) is 3.88. The molecular weight excluding hydrogens is 144 g/mol. The molecule has 1 aliphatic heterocycles. The Morgan fingerprint density at radius 1 is 1.45 bits per heavy atom. The van der Waals surface area contributed by atoms with Gasteiger partial charge in [0, 0.05) is 19.5 Å². The van der Waals surface area contributed by atoms with Crippen LogP contribution < -0.4 is 0 Å². The van der Waals surface area contributed by atoms with Crippen LogP contribution in [0.15, 0.2) is 22.3 Å². The van der Waals surface area contributed by atoms with E-state index < -0.39 is 6.23 Å². The Morgan fingerprint density at radius 3 is 2.91 bits per heavy atom. The molecule has 1 rings (SSSR count). The highest BCUT2D eigenvalue weighted by atomic mass is 16.5. The molecular formula is C7H10N2O2. The molecule has 0 aromatic rings. The lowest BCUT2D eigenvalue weighted by molar-refractivity contribution is 0.141. The third-order valence-electron chi connectivity index (χ3n) is 1.24. The quantitative estimate of drug-likeness (QED) is 0.555. The molecule has 4 nitrogen and oxygen atoms in total. The number of methoxy groups -OCH3 is 2. The first-order chi connectivity index (χ1) is 5.38. The van der Waals surface area contributed by atoms with Crippen molar-refractivity contribution in [2.45, 2.75) is 6.23 Å². The van der Waals surface area contributed by atoms with Crippen molar-refractivity contribution in [3.8, 4) is 0 Å². The van der Waals surface area contributed by atoms with Gasteiger partial charge in [-0.05, 0) is 6.08 Å². The minimum absolute atomic E-state index is 0.407. The van der Waals surface area contributed by atoms with Gasteiger partial charge in [-0.2, -0.15) is 0 Å². The van der Waals surface area contributed by atoms with Crippen LogP contribution in [-0.2, 0) is 9.47 Å². The van der Waals surface area contributed by atoms with Crippen LogP contribution in [0.25, 0.3) is 0 Å². The zero-order valence-corrected chi connectivity index (χ0v) is 6.52. The van der Waals surface area contributed by atoms with E-state index in [1.807, 2.05) is 0 Å². The van der Waals surface area contributed by atoms with E-state index >= 15 is 0 Å². The molecule has 0 saturated carbocycles. The average Bonchev–Trinajstić information content (AvgIpc) is 2.27. The van der Waals surface area contributed by atoms with Crippen LogP contribution in [0.2, 0.25) is 0 Å². The van der Waals surface area contributed by atoms with E-state index in [4.69, 9.17) is 9.47 Å². The second-order valence-corrected chi connectivity index (χ2v) is 1.90. The first kappa shape index (κ1) is 7.94. The summed E-state index contributed by atoms with van der Waals surface area (Å²) in [5.41, 5.74) is 0. The predicted molar refractivity (Wildman–Crippen MR) is 42.9 cm³/mol. The molecule has 1 atom stereocenters. The van der Waals surface area contributed by atoms with Gasteiger partial charge in [-0.1, -0.05) is 0 Å². The van der Waals surface area contributed by atoms with E-state index in [2.05, 4.69) is 9.98 Å². The first-order valence-electron chi connectivity index (χ1n) is 3.21. The van der Waals surface area contributed by atoms with Crippen LogP contribution in [-0.4, -0.2) is 32.6 Å². The molecule has 0 fully saturated rings. The molecule has 1 aliphatic rings. The van der Waals surface area contributed by atoms with E-state index in [1.54, 1.807) is 32.7 Å². The molecule has 0 saturated heterocycles. The Kier molecular flexibility index (Phi) is 2.80. The molecule has 0 amide bonds. The minimum atomic E-state index is -0.407. The highest BCUT2D eigenvalue weighted by Crippen LogP contribution is 2.00. The molecule has 0 aromatic carbocycles. The average molecular weight is 154 g/mol. The number of hydrogen-bond acceptors (Lipinski definition) is 4. The molecule has 4 heteroatoms. The fraction of sp³-hybridized carbons (Fsp3) is 0.429. The van der Waals surface area contributed by atoms with Gasteiger partial charge in [0.25, 0.3) is 0 Å². The number of aliphatic imine (C=N–C) groups is 2. The normalized spacial score (nSPS) is 22.7.